The molecule has 0 amide bonds. The Hall–Kier alpha value is -3.02. The molecular weight excluding hydrogens is 294 g/mol. The average molecular weight is 309 g/mol. The first kappa shape index (κ1) is 13.6. The van der Waals surface area contributed by atoms with Crippen molar-refractivity contribution in [1.29, 1.82) is 0 Å². The molecule has 23 heavy (non-hydrogen) atoms. The third kappa shape index (κ3) is 1.95. The molecule has 0 radical (unpaired) electrons. The summed E-state index contributed by atoms with van der Waals surface area (Å²) in [6, 6.07) is 3.95. The second-order valence-corrected chi connectivity index (χ2v) is 5.41. The number of nitrogens with one attached hydrogen (secondary N) is 1. The zero-order valence-corrected chi connectivity index (χ0v) is 13.1. The van der Waals surface area contributed by atoms with Gasteiger partial charge >= 0.3 is 0 Å². The molecule has 1 N–H and O–H groups in total. The molecule has 6 nitrogen and oxygen atoms in total. The van der Waals surface area contributed by atoms with E-state index in [0.717, 1.165) is 45.3 Å². The van der Waals surface area contributed by atoms with Gasteiger partial charge in [0.2, 0.25) is 5.55 Å². The van der Waals surface area contributed by atoms with Gasteiger partial charge in [0.1, 0.15) is 17.2 Å². The van der Waals surface area contributed by atoms with E-state index in [9.17, 15) is 0 Å². The summed E-state index contributed by atoms with van der Waals surface area (Å²) in [5.74, 6) is 1.48. The largest absolute Gasteiger partial charge is 0.496 e. The van der Waals surface area contributed by atoms with Crippen molar-refractivity contribution in [3.8, 4) is 28.1 Å². The molecule has 0 saturated carbocycles. The van der Waals surface area contributed by atoms with Gasteiger partial charge < -0.3 is 19.0 Å². The zero-order chi connectivity index (χ0) is 16.1. The summed E-state index contributed by atoms with van der Waals surface area (Å²) in [6.07, 6.45) is 1.78. The Morgan fingerprint density at radius 1 is 1.22 bits per heavy atom. The van der Waals surface area contributed by atoms with E-state index in [0.29, 0.717) is 11.0 Å². The second kappa shape index (κ2) is 4.74. The standard InChI is InChI=1S/C17H15N3O3/c1-8-16(9(2)23-20-8)12-5-13-11(6-14(12)21-4)17-15(7-18-13)22-10(3)19-17/h5-7,18H,3H2,1-2,4H3. The van der Waals surface area contributed by atoms with Gasteiger partial charge in [0.25, 0.3) is 0 Å². The first-order valence-electron chi connectivity index (χ1n) is 7.16. The van der Waals surface area contributed by atoms with Crippen LogP contribution >= 0.6 is 0 Å². The summed E-state index contributed by atoms with van der Waals surface area (Å²) in [4.78, 5) is 4.36. The van der Waals surface area contributed by atoms with Crippen molar-refractivity contribution in [3.05, 3.63) is 34.5 Å². The van der Waals surface area contributed by atoms with Crippen LogP contribution < -0.4 is 21.0 Å². The number of rotatable bonds is 2. The minimum Gasteiger partial charge on any atom is -0.496 e. The van der Waals surface area contributed by atoms with Gasteiger partial charge in [-0.2, -0.15) is 0 Å². The Morgan fingerprint density at radius 3 is 2.74 bits per heavy atom. The van der Waals surface area contributed by atoms with Crippen LogP contribution in [0, 0.1) is 13.8 Å². The molecule has 4 rings (SSSR count). The number of hydrogen-bond donors (Lipinski definition) is 1. The lowest BCUT2D eigenvalue weighted by Crippen LogP contribution is -2.11. The van der Waals surface area contributed by atoms with Gasteiger partial charge in [-0.25, -0.2) is 4.98 Å². The van der Waals surface area contributed by atoms with E-state index in [1.165, 1.54) is 0 Å². The minimum absolute atomic E-state index is 0.384. The van der Waals surface area contributed by atoms with E-state index in [-0.39, 0.29) is 0 Å². The predicted molar refractivity (Wildman–Crippen MR) is 86.3 cm³/mol. The Kier molecular flexibility index (Phi) is 2.81. The summed E-state index contributed by atoms with van der Waals surface area (Å²) >= 11 is 0. The number of methoxy groups -OCH3 is 1. The van der Waals surface area contributed by atoms with Gasteiger partial charge in [-0.3, -0.25) is 0 Å². The number of aryl methyl sites for hydroxylation is 2. The van der Waals surface area contributed by atoms with E-state index in [1.807, 2.05) is 26.0 Å². The number of hydrogen-bond acceptors (Lipinski definition) is 6. The fraction of sp³-hybridized carbons (Fsp3) is 0.176. The maximum atomic E-state index is 5.59. The zero-order valence-electron chi connectivity index (χ0n) is 13.1. The van der Waals surface area contributed by atoms with Crippen LogP contribution in [0.15, 0.2) is 21.1 Å². The monoisotopic (exact) mass is 309 g/mol. The van der Waals surface area contributed by atoms with E-state index < -0.39 is 0 Å². The third-order valence-electron chi connectivity index (χ3n) is 3.95. The summed E-state index contributed by atoms with van der Waals surface area (Å²) < 4.78 is 16.3. The molecule has 0 fully saturated rings. The molecule has 0 bridgehead atoms. The fourth-order valence-electron chi connectivity index (χ4n) is 2.94. The van der Waals surface area contributed by atoms with Crippen LogP contribution in [0.2, 0.25) is 0 Å². The SMILES string of the molecule is C=c1nc2c(o1)=CNc1cc(-c3c(C)noc3C)c(OC)cc1-2. The van der Waals surface area contributed by atoms with Crippen LogP contribution in [-0.2, 0) is 0 Å². The molecule has 0 atom stereocenters. The lowest BCUT2D eigenvalue weighted by atomic mass is 9.97. The van der Waals surface area contributed by atoms with Crippen LogP contribution in [0.3, 0.4) is 0 Å². The molecule has 116 valence electrons. The van der Waals surface area contributed by atoms with E-state index in [4.69, 9.17) is 13.7 Å². The van der Waals surface area contributed by atoms with E-state index in [2.05, 4.69) is 22.0 Å². The van der Waals surface area contributed by atoms with Crippen molar-refractivity contribution in [2.75, 3.05) is 12.4 Å². The first-order chi connectivity index (χ1) is 11.1. The summed E-state index contributed by atoms with van der Waals surface area (Å²) in [6.45, 7) is 7.54. The molecule has 6 heteroatoms. The number of fused-ring (bicyclic) bond motifs is 3. The van der Waals surface area contributed by atoms with E-state index >= 15 is 0 Å². The Balaban J connectivity index is 1.99. The quantitative estimate of drug-likeness (QED) is 0.782. The number of oxazole rings is 1. The van der Waals surface area contributed by atoms with Crippen LogP contribution in [-0.4, -0.2) is 17.3 Å². The van der Waals surface area contributed by atoms with E-state index in [1.54, 1.807) is 13.3 Å². The molecule has 2 aromatic heterocycles. The molecule has 0 unspecified atom stereocenters. The molecule has 1 aliphatic heterocycles. The molecule has 1 aromatic carbocycles. The van der Waals surface area contributed by atoms with Crippen molar-refractivity contribution in [1.82, 2.24) is 10.1 Å². The molecule has 1 aliphatic rings. The van der Waals surface area contributed by atoms with Crippen molar-refractivity contribution >= 4 is 18.5 Å². The highest BCUT2D eigenvalue weighted by Gasteiger charge is 2.22. The topological polar surface area (TPSA) is 73.3 Å². The highest BCUT2D eigenvalue weighted by Crippen LogP contribution is 2.41. The molecule has 0 spiro atoms. The second-order valence-electron chi connectivity index (χ2n) is 5.41. The van der Waals surface area contributed by atoms with Crippen molar-refractivity contribution < 1.29 is 13.7 Å². The highest BCUT2D eigenvalue weighted by molar-refractivity contribution is 5.89. The van der Waals surface area contributed by atoms with Crippen molar-refractivity contribution in [2.24, 2.45) is 0 Å². The van der Waals surface area contributed by atoms with Gasteiger partial charge in [-0.15, -0.1) is 0 Å². The maximum absolute atomic E-state index is 5.59. The highest BCUT2D eigenvalue weighted by atomic mass is 16.5. The van der Waals surface area contributed by atoms with Crippen molar-refractivity contribution in [3.63, 3.8) is 0 Å². The number of aromatic nitrogens is 2. The number of anilines is 1. The number of ether oxygens (including phenoxy) is 1. The van der Waals surface area contributed by atoms with Crippen LogP contribution in [0.5, 0.6) is 5.75 Å². The minimum atomic E-state index is 0.384. The van der Waals surface area contributed by atoms with Crippen LogP contribution in [0.4, 0.5) is 5.69 Å². The average Bonchev–Trinajstić information content (AvgIpc) is 3.07. The van der Waals surface area contributed by atoms with Gasteiger partial charge in [0, 0.05) is 23.0 Å². The Bertz CT molecular complexity index is 1010. The lowest BCUT2D eigenvalue weighted by molar-refractivity contribution is 0.393. The molecule has 3 heterocycles. The molecule has 3 aromatic rings. The first-order valence-corrected chi connectivity index (χ1v) is 7.16. The van der Waals surface area contributed by atoms with Gasteiger partial charge in [0.05, 0.1) is 18.4 Å². The smallest absolute Gasteiger partial charge is 0.212 e. The molecular formula is C17H15N3O3. The predicted octanol–water partition coefficient (Wildman–Crippen LogP) is 2.20. The third-order valence-corrected chi connectivity index (χ3v) is 3.95. The number of benzene rings is 1. The van der Waals surface area contributed by atoms with Gasteiger partial charge in [-0.05, 0) is 32.6 Å². The fourth-order valence-corrected chi connectivity index (χ4v) is 2.94. The summed E-state index contributed by atoms with van der Waals surface area (Å²) in [5.41, 5.74) is 6.31. The van der Waals surface area contributed by atoms with Crippen molar-refractivity contribution in [2.45, 2.75) is 13.8 Å². The van der Waals surface area contributed by atoms with Gasteiger partial charge in [0.15, 0.2) is 5.42 Å². The van der Waals surface area contributed by atoms with Crippen LogP contribution in [0.25, 0.3) is 35.2 Å². The maximum Gasteiger partial charge on any atom is 0.212 e. The van der Waals surface area contributed by atoms with Crippen LogP contribution in [0.1, 0.15) is 11.5 Å². The molecule has 0 saturated heterocycles. The Morgan fingerprint density at radius 2 is 2.04 bits per heavy atom. The number of nitrogens with zero attached hydrogens (tertiary/aromatic N) is 2. The van der Waals surface area contributed by atoms with Gasteiger partial charge in [-0.1, -0.05) is 5.16 Å². The summed E-state index contributed by atoms with van der Waals surface area (Å²) in [5, 5.41) is 7.26. The normalized spacial score (nSPS) is 12.1. The summed E-state index contributed by atoms with van der Waals surface area (Å²) in [7, 11) is 1.64. The lowest BCUT2D eigenvalue weighted by Gasteiger charge is -2.16. The molecule has 0 aliphatic carbocycles. The Labute approximate surface area is 132 Å².